The monoisotopic (exact) mass is 280 g/mol. The molecule has 0 aliphatic heterocycles. The maximum atomic E-state index is 13.7. The largest absolute Gasteiger partial charge is 0.397 e. The molecule has 1 unspecified atom stereocenters. The Labute approximate surface area is 115 Å². The van der Waals surface area contributed by atoms with E-state index >= 15 is 0 Å². The molecule has 0 aliphatic rings. The van der Waals surface area contributed by atoms with E-state index in [-0.39, 0.29) is 17.4 Å². The molecular formula is C14H17FN2OS. The Hall–Kier alpha value is -1.62. The van der Waals surface area contributed by atoms with Gasteiger partial charge in [-0.15, -0.1) is 11.3 Å². The standard InChI is InChI=1S/C14H17FN2OS/c1-3-8(2)7-17-14(18)13-12(16)11-9(15)5-4-6-10(11)19-13/h4-6,8H,3,7,16H2,1-2H3,(H,17,18). The van der Waals surface area contributed by atoms with Gasteiger partial charge in [-0.25, -0.2) is 4.39 Å². The van der Waals surface area contributed by atoms with Gasteiger partial charge in [0.1, 0.15) is 10.7 Å². The molecule has 3 nitrogen and oxygen atoms in total. The van der Waals surface area contributed by atoms with Crippen molar-refractivity contribution in [3.8, 4) is 0 Å². The second kappa shape index (κ2) is 5.57. The summed E-state index contributed by atoms with van der Waals surface area (Å²) in [4.78, 5) is 12.5. The number of amides is 1. The molecule has 2 rings (SSSR count). The Morgan fingerprint density at radius 3 is 2.89 bits per heavy atom. The third kappa shape index (κ3) is 2.71. The molecule has 2 aromatic rings. The smallest absolute Gasteiger partial charge is 0.263 e. The molecule has 1 aromatic carbocycles. The van der Waals surface area contributed by atoms with Gasteiger partial charge in [-0.3, -0.25) is 4.79 Å². The third-order valence-electron chi connectivity index (χ3n) is 3.22. The van der Waals surface area contributed by atoms with Crippen molar-refractivity contribution in [1.82, 2.24) is 5.32 Å². The summed E-state index contributed by atoms with van der Waals surface area (Å²) in [6.45, 7) is 4.74. The molecule has 0 spiro atoms. The van der Waals surface area contributed by atoms with E-state index in [9.17, 15) is 9.18 Å². The highest BCUT2D eigenvalue weighted by molar-refractivity contribution is 7.21. The summed E-state index contributed by atoms with van der Waals surface area (Å²) in [5, 5.41) is 3.19. The molecule has 19 heavy (non-hydrogen) atoms. The van der Waals surface area contributed by atoms with Crippen molar-refractivity contribution in [3.63, 3.8) is 0 Å². The van der Waals surface area contributed by atoms with E-state index in [1.807, 2.05) is 0 Å². The Morgan fingerprint density at radius 1 is 1.53 bits per heavy atom. The molecule has 102 valence electrons. The Balaban J connectivity index is 2.28. The lowest BCUT2D eigenvalue weighted by Gasteiger charge is -2.09. The summed E-state index contributed by atoms with van der Waals surface area (Å²) >= 11 is 1.23. The predicted molar refractivity (Wildman–Crippen MR) is 78.0 cm³/mol. The van der Waals surface area contributed by atoms with Gasteiger partial charge in [0.15, 0.2) is 0 Å². The Bertz CT molecular complexity index is 609. The van der Waals surface area contributed by atoms with Crippen LogP contribution in [0.1, 0.15) is 29.9 Å². The van der Waals surface area contributed by atoms with E-state index < -0.39 is 0 Å². The van der Waals surface area contributed by atoms with E-state index in [2.05, 4.69) is 19.2 Å². The van der Waals surface area contributed by atoms with Crippen LogP contribution in [0.5, 0.6) is 0 Å². The molecule has 0 saturated carbocycles. The van der Waals surface area contributed by atoms with E-state index in [1.165, 1.54) is 17.4 Å². The number of halogens is 1. The van der Waals surface area contributed by atoms with E-state index in [0.717, 1.165) is 6.42 Å². The first-order chi connectivity index (χ1) is 9.04. The number of thiophene rings is 1. The SMILES string of the molecule is CCC(C)CNC(=O)c1sc2cccc(F)c2c1N. The molecule has 0 bridgehead atoms. The topological polar surface area (TPSA) is 55.1 Å². The van der Waals surface area contributed by atoms with E-state index in [1.54, 1.807) is 12.1 Å². The zero-order chi connectivity index (χ0) is 14.0. The molecule has 1 heterocycles. The third-order valence-corrected chi connectivity index (χ3v) is 4.39. The van der Waals surface area contributed by atoms with Crippen LogP contribution in [0, 0.1) is 11.7 Å². The molecule has 0 aliphatic carbocycles. The zero-order valence-electron chi connectivity index (χ0n) is 11.0. The second-order valence-corrected chi connectivity index (χ2v) is 5.73. The highest BCUT2D eigenvalue weighted by Gasteiger charge is 2.18. The predicted octanol–water partition coefficient (Wildman–Crippen LogP) is 3.40. The van der Waals surface area contributed by atoms with Crippen molar-refractivity contribution in [2.24, 2.45) is 5.92 Å². The average Bonchev–Trinajstić information content (AvgIpc) is 2.74. The molecule has 0 fully saturated rings. The van der Waals surface area contributed by atoms with E-state index in [0.29, 0.717) is 27.4 Å². The van der Waals surface area contributed by atoms with Crippen LogP contribution in [0.4, 0.5) is 10.1 Å². The number of rotatable bonds is 4. The molecule has 1 atom stereocenters. The van der Waals surface area contributed by atoms with Crippen molar-refractivity contribution in [3.05, 3.63) is 28.9 Å². The van der Waals surface area contributed by atoms with Gasteiger partial charge in [0, 0.05) is 11.2 Å². The number of nitrogens with two attached hydrogens (primary N) is 1. The number of fused-ring (bicyclic) bond motifs is 1. The summed E-state index contributed by atoms with van der Waals surface area (Å²) in [6.07, 6.45) is 0.997. The average molecular weight is 280 g/mol. The van der Waals surface area contributed by atoms with Crippen molar-refractivity contribution in [2.75, 3.05) is 12.3 Å². The van der Waals surface area contributed by atoms with Gasteiger partial charge in [0.2, 0.25) is 0 Å². The number of nitrogens with one attached hydrogen (secondary N) is 1. The molecule has 0 radical (unpaired) electrons. The fraction of sp³-hybridized carbons (Fsp3) is 0.357. The van der Waals surface area contributed by atoms with Gasteiger partial charge >= 0.3 is 0 Å². The highest BCUT2D eigenvalue weighted by Crippen LogP contribution is 2.35. The summed E-state index contributed by atoms with van der Waals surface area (Å²) in [7, 11) is 0. The number of carbonyl (C=O) groups is 1. The van der Waals surface area contributed by atoms with Crippen LogP contribution in [-0.4, -0.2) is 12.5 Å². The van der Waals surface area contributed by atoms with Crippen LogP contribution in [0.2, 0.25) is 0 Å². The quantitative estimate of drug-likeness (QED) is 0.902. The summed E-state index contributed by atoms with van der Waals surface area (Å²) in [6, 6.07) is 4.74. The van der Waals surface area contributed by atoms with Gasteiger partial charge in [-0.2, -0.15) is 0 Å². The van der Waals surface area contributed by atoms with Gasteiger partial charge in [0.05, 0.1) is 11.1 Å². The molecule has 1 amide bonds. The van der Waals surface area contributed by atoms with Crippen molar-refractivity contribution >= 4 is 33.0 Å². The Kier molecular flexibility index (Phi) is 4.04. The molecule has 1 aromatic heterocycles. The van der Waals surface area contributed by atoms with Crippen LogP contribution in [0.3, 0.4) is 0 Å². The molecular weight excluding hydrogens is 263 g/mol. The minimum absolute atomic E-state index is 0.224. The maximum Gasteiger partial charge on any atom is 0.263 e. The summed E-state index contributed by atoms with van der Waals surface area (Å²) in [5.74, 6) is -0.193. The summed E-state index contributed by atoms with van der Waals surface area (Å²) in [5.41, 5.74) is 6.13. The molecule has 0 saturated heterocycles. The lowest BCUT2D eigenvalue weighted by atomic mass is 10.1. The second-order valence-electron chi connectivity index (χ2n) is 4.68. The van der Waals surface area contributed by atoms with Gasteiger partial charge in [-0.1, -0.05) is 26.3 Å². The fourth-order valence-corrected chi connectivity index (χ4v) is 2.84. The fourth-order valence-electron chi connectivity index (χ4n) is 1.79. The van der Waals surface area contributed by atoms with Gasteiger partial charge < -0.3 is 11.1 Å². The summed E-state index contributed by atoms with van der Waals surface area (Å²) < 4.78 is 14.4. The minimum Gasteiger partial charge on any atom is -0.397 e. The molecule has 5 heteroatoms. The lowest BCUT2D eigenvalue weighted by Crippen LogP contribution is -2.27. The van der Waals surface area contributed by atoms with E-state index in [4.69, 9.17) is 5.73 Å². The number of benzene rings is 1. The normalized spacial score (nSPS) is 12.6. The van der Waals surface area contributed by atoms with Crippen LogP contribution in [-0.2, 0) is 0 Å². The van der Waals surface area contributed by atoms with Crippen molar-refractivity contribution in [2.45, 2.75) is 20.3 Å². The first-order valence-corrected chi connectivity index (χ1v) is 7.11. The number of carbonyl (C=O) groups excluding carboxylic acids is 1. The Morgan fingerprint density at radius 2 is 2.26 bits per heavy atom. The van der Waals surface area contributed by atoms with Crippen LogP contribution in [0.15, 0.2) is 18.2 Å². The first-order valence-electron chi connectivity index (χ1n) is 6.29. The number of hydrogen-bond acceptors (Lipinski definition) is 3. The van der Waals surface area contributed by atoms with Gasteiger partial charge in [-0.05, 0) is 18.1 Å². The zero-order valence-corrected chi connectivity index (χ0v) is 11.8. The lowest BCUT2D eigenvalue weighted by molar-refractivity contribution is 0.0953. The number of anilines is 1. The van der Waals surface area contributed by atoms with Crippen molar-refractivity contribution < 1.29 is 9.18 Å². The minimum atomic E-state index is -0.382. The maximum absolute atomic E-state index is 13.7. The van der Waals surface area contributed by atoms with Crippen LogP contribution < -0.4 is 11.1 Å². The van der Waals surface area contributed by atoms with Crippen molar-refractivity contribution in [1.29, 1.82) is 0 Å². The van der Waals surface area contributed by atoms with Crippen LogP contribution >= 0.6 is 11.3 Å². The first kappa shape index (κ1) is 13.8. The number of nitrogen functional groups attached to an aromatic ring is 1. The highest BCUT2D eigenvalue weighted by atomic mass is 32.1. The number of hydrogen-bond donors (Lipinski definition) is 2. The van der Waals surface area contributed by atoms with Gasteiger partial charge in [0.25, 0.3) is 5.91 Å². The van der Waals surface area contributed by atoms with Crippen LogP contribution in [0.25, 0.3) is 10.1 Å². The molecule has 3 N–H and O–H groups in total.